The Balaban J connectivity index is 2.97. The zero-order valence-electron chi connectivity index (χ0n) is 17.0. The molecular weight excluding hydrogens is 528 g/mol. The molecule has 14 heteroatoms. The molecule has 1 atom stereocenters. The van der Waals surface area contributed by atoms with Gasteiger partial charge in [0.2, 0.25) is 0 Å². The van der Waals surface area contributed by atoms with Gasteiger partial charge in [-0.25, -0.2) is 4.39 Å². The summed E-state index contributed by atoms with van der Waals surface area (Å²) in [4.78, 5) is 0. The van der Waals surface area contributed by atoms with Gasteiger partial charge in [-0.15, -0.1) is 4.09 Å². The highest BCUT2D eigenvalue weighted by Gasteiger charge is 2.39. The summed E-state index contributed by atoms with van der Waals surface area (Å²) in [5, 5.41) is 3.19. The third-order valence-corrected chi connectivity index (χ3v) is 7.30. The van der Waals surface area contributed by atoms with Gasteiger partial charge in [0.15, 0.2) is 11.4 Å². The lowest BCUT2D eigenvalue weighted by atomic mass is 10.1. The molecule has 1 heterocycles. The predicted octanol–water partition coefficient (Wildman–Crippen LogP) is 3.76. The van der Waals surface area contributed by atoms with E-state index in [2.05, 4.69) is 25.4 Å². The second kappa shape index (κ2) is 8.81. The fraction of sp³-hybridized carbons (Fsp3) is 0.412. The Morgan fingerprint density at radius 3 is 2.29 bits per heavy atom. The van der Waals surface area contributed by atoms with E-state index in [-0.39, 0.29) is 9.65 Å². The van der Waals surface area contributed by atoms with E-state index >= 15 is 0 Å². The van der Waals surface area contributed by atoms with Crippen molar-refractivity contribution in [3.05, 3.63) is 51.5 Å². The largest absolute Gasteiger partial charge is 0.591 e. The van der Waals surface area contributed by atoms with E-state index in [1.165, 1.54) is 12.1 Å². The molecule has 0 saturated carbocycles. The van der Waals surface area contributed by atoms with Crippen LogP contribution in [0.5, 0.6) is 0 Å². The molecule has 2 rings (SSSR count). The molecule has 1 unspecified atom stereocenters. The normalized spacial score (nSPS) is 14.9. The van der Waals surface area contributed by atoms with E-state index in [1.807, 2.05) is 0 Å². The van der Waals surface area contributed by atoms with E-state index in [0.717, 1.165) is 20.2 Å². The lowest BCUT2D eigenvalue weighted by molar-refractivity contribution is -0.141. The quantitative estimate of drug-likeness (QED) is 0.324. The number of rotatable bonds is 5. The predicted molar refractivity (Wildman–Crippen MR) is 113 cm³/mol. The molecule has 31 heavy (non-hydrogen) atoms. The SMILES string of the molecule is CN(C)S(=O)(=O)n1nc(C(F)(F)F)cc1/C(=N/[S+]([O-])C(C)(C)C)c1cc(Br)ccc1F. The summed E-state index contributed by atoms with van der Waals surface area (Å²) in [7, 11) is -2.38. The fourth-order valence-corrected chi connectivity index (χ4v) is 4.01. The Hall–Kier alpha value is -1.48. The Morgan fingerprint density at radius 1 is 1.23 bits per heavy atom. The van der Waals surface area contributed by atoms with Gasteiger partial charge in [0.25, 0.3) is 0 Å². The second-order valence-electron chi connectivity index (χ2n) is 7.47. The number of alkyl halides is 3. The summed E-state index contributed by atoms with van der Waals surface area (Å²) in [5.41, 5.74) is -3.12. The summed E-state index contributed by atoms with van der Waals surface area (Å²) in [6.07, 6.45) is -4.99. The number of hydrogen-bond donors (Lipinski definition) is 0. The van der Waals surface area contributed by atoms with E-state index in [1.54, 1.807) is 20.8 Å². The van der Waals surface area contributed by atoms with Gasteiger partial charge in [-0.2, -0.15) is 31.0 Å². The van der Waals surface area contributed by atoms with Crippen molar-refractivity contribution in [3.63, 3.8) is 0 Å². The van der Waals surface area contributed by atoms with Crippen LogP contribution in [-0.2, 0) is 27.7 Å². The van der Waals surface area contributed by atoms with Gasteiger partial charge >= 0.3 is 16.4 Å². The number of aromatic nitrogens is 2. The first-order valence-electron chi connectivity index (χ1n) is 8.53. The molecule has 0 saturated heterocycles. The van der Waals surface area contributed by atoms with Crippen molar-refractivity contribution < 1.29 is 30.5 Å². The molecule has 0 aliphatic heterocycles. The van der Waals surface area contributed by atoms with Crippen LogP contribution in [0.3, 0.4) is 0 Å². The molecule has 1 aromatic carbocycles. The molecular formula is C17H19BrF4N4O3S2. The van der Waals surface area contributed by atoms with Crippen molar-refractivity contribution in [2.24, 2.45) is 4.40 Å². The second-order valence-corrected chi connectivity index (χ2v) is 12.3. The Morgan fingerprint density at radius 2 is 1.81 bits per heavy atom. The van der Waals surface area contributed by atoms with E-state index in [9.17, 15) is 30.5 Å². The first-order chi connectivity index (χ1) is 14.0. The van der Waals surface area contributed by atoms with E-state index in [4.69, 9.17) is 0 Å². The standard InChI is InChI=1S/C17H19BrF4N4O3S2/c1-16(2,3)30(27)24-15(11-8-10(18)6-7-12(11)19)13-9-14(17(20,21)22)23-26(13)31(28,29)25(4)5/h6-9H,1-5H3/b24-15+. The van der Waals surface area contributed by atoms with Gasteiger partial charge < -0.3 is 4.55 Å². The van der Waals surface area contributed by atoms with Crippen LogP contribution in [0.4, 0.5) is 17.6 Å². The number of nitrogens with zero attached hydrogens (tertiary/aromatic N) is 4. The highest BCUT2D eigenvalue weighted by atomic mass is 79.9. The van der Waals surface area contributed by atoms with Crippen molar-refractivity contribution in [3.8, 4) is 0 Å². The van der Waals surface area contributed by atoms with Crippen LogP contribution < -0.4 is 0 Å². The van der Waals surface area contributed by atoms with Gasteiger partial charge in [-0.05, 0) is 45.0 Å². The lowest BCUT2D eigenvalue weighted by Crippen LogP contribution is -2.33. The molecule has 0 aliphatic rings. The first kappa shape index (κ1) is 25.8. The van der Waals surface area contributed by atoms with Gasteiger partial charge in [0.05, 0.1) is 0 Å². The van der Waals surface area contributed by atoms with Crippen LogP contribution in [0.25, 0.3) is 0 Å². The van der Waals surface area contributed by atoms with Crippen molar-refractivity contribution in [1.29, 1.82) is 0 Å². The Labute approximate surface area is 188 Å². The number of hydrogen-bond acceptors (Lipinski definition) is 5. The molecule has 172 valence electrons. The lowest BCUT2D eigenvalue weighted by Gasteiger charge is -2.20. The molecule has 7 nitrogen and oxygen atoms in total. The average Bonchev–Trinajstić information content (AvgIpc) is 3.07. The van der Waals surface area contributed by atoms with Crippen LogP contribution >= 0.6 is 15.9 Å². The molecule has 0 fully saturated rings. The molecule has 0 aliphatic carbocycles. The highest BCUT2D eigenvalue weighted by Crippen LogP contribution is 2.31. The smallest absolute Gasteiger partial charge is 0.435 e. The fourth-order valence-electron chi connectivity index (χ4n) is 2.13. The summed E-state index contributed by atoms with van der Waals surface area (Å²) < 4.78 is 96.9. The minimum atomic E-state index is -4.99. The Kier molecular flexibility index (Phi) is 7.32. The maximum Gasteiger partial charge on any atom is 0.435 e. The van der Waals surface area contributed by atoms with Crippen molar-refractivity contribution in [2.75, 3.05) is 14.1 Å². The van der Waals surface area contributed by atoms with Crippen LogP contribution in [0.1, 0.15) is 37.7 Å². The third-order valence-electron chi connectivity index (χ3n) is 3.77. The zero-order valence-corrected chi connectivity index (χ0v) is 20.2. The number of halogens is 5. The van der Waals surface area contributed by atoms with Crippen molar-refractivity contribution >= 4 is 43.2 Å². The zero-order chi connectivity index (χ0) is 23.9. The topological polar surface area (TPSA) is 90.6 Å². The third kappa shape index (κ3) is 5.66. The van der Waals surface area contributed by atoms with E-state index < -0.39 is 55.4 Å². The van der Waals surface area contributed by atoms with Gasteiger partial charge in [-0.3, -0.25) is 0 Å². The molecule has 1 aromatic heterocycles. The van der Waals surface area contributed by atoms with Crippen LogP contribution in [-0.4, -0.2) is 51.0 Å². The summed E-state index contributed by atoms with van der Waals surface area (Å²) >= 11 is 1.07. The molecule has 0 spiro atoms. The monoisotopic (exact) mass is 546 g/mol. The van der Waals surface area contributed by atoms with Gasteiger partial charge in [-0.1, -0.05) is 20.3 Å². The summed E-state index contributed by atoms with van der Waals surface area (Å²) in [5.74, 6) is -0.906. The maximum absolute atomic E-state index is 14.7. The molecule has 0 radical (unpaired) electrons. The van der Waals surface area contributed by atoms with Gasteiger partial charge in [0.1, 0.15) is 27.6 Å². The van der Waals surface area contributed by atoms with Gasteiger partial charge in [0, 0.05) is 24.1 Å². The van der Waals surface area contributed by atoms with Crippen LogP contribution in [0, 0.1) is 5.82 Å². The minimum Gasteiger partial charge on any atom is -0.591 e. The first-order valence-corrected chi connectivity index (χ1v) is 11.8. The Bertz CT molecular complexity index is 1110. The average molecular weight is 547 g/mol. The van der Waals surface area contributed by atoms with Crippen LogP contribution in [0.15, 0.2) is 33.1 Å². The molecule has 2 aromatic rings. The molecule has 0 amide bonds. The molecule has 0 bridgehead atoms. The number of benzene rings is 1. The van der Waals surface area contributed by atoms with Crippen molar-refractivity contribution in [2.45, 2.75) is 31.7 Å². The summed E-state index contributed by atoms with van der Waals surface area (Å²) in [6.45, 7) is 4.66. The maximum atomic E-state index is 14.7. The summed E-state index contributed by atoms with van der Waals surface area (Å²) in [6, 6.07) is 3.98. The highest BCUT2D eigenvalue weighted by molar-refractivity contribution is 9.10. The van der Waals surface area contributed by atoms with E-state index in [0.29, 0.717) is 14.8 Å². The van der Waals surface area contributed by atoms with Crippen LogP contribution in [0.2, 0.25) is 0 Å². The molecule has 0 N–H and O–H groups in total. The van der Waals surface area contributed by atoms with Crippen molar-refractivity contribution in [1.82, 2.24) is 13.5 Å². The minimum absolute atomic E-state index is 0.106.